The van der Waals surface area contributed by atoms with Gasteiger partial charge in [0, 0.05) is 52.5 Å². The summed E-state index contributed by atoms with van der Waals surface area (Å²) in [6.45, 7) is 0.297. The fourth-order valence-corrected chi connectivity index (χ4v) is 12.1. The predicted molar refractivity (Wildman–Crippen MR) is 365 cm³/mol. The van der Waals surface area contributed by atoms with Crippen LogP contribution in [0.2, 0.25) is 0 Å². The molecule has 6 heteroatoms. The molecule has 0 saturated carbocycles. The summed E-state index contributed by atoms with van der Waals surface area (Å²) in [5.74, 6) is 0.969. The average Bonchev–Trinajstić information content (AvgIpc) is 1.53. The number of ether oxygens (including phenoxy) is 1. The Morgan fingerprint density at radius 1 is 0.478 bits per heavy atom. The Balaban J connectivity index is 0.0000102. The number of rotatable bonds is 9. The minimum Gasteiger partial charge on any atom is -0.510 e. The molecule has 1 aliphatic rings. The second-order valence-corrected chi connectivity index (χ2v) is 22.5. The third-order valence-corrected chi connectivity index (χ3v) is 16.1. The number of aromatic nitrogens is 4. The van der Waals surface area contributed by atoms with Crippen LogP contribution < -0.4 is 9.30 Å². The number of fused-ring (bicyclic) bond motifs is 10. The largest absolute Gasteiger partial charge is 0.510 e. The van der Waals surface area contributed by atoms with E-state index in [9.17, 15) is 12.3 Å². The van der Waals surface area contributed by atoms with Gasteiger partial charge in [0.1, 0.15) is 5.82 Å². The molecular formula is C84H60N4OPt-2. The zero-order valence-electron chi connectivity index (χ0n) is 72.1. The first-order valence-electron chi connectivity index (χ1n) is 40.5. The number of benzene rings is 12. The maximum atomic E-state index is 10.5. The summed E-state index contributed by atoms with van der Waals surface area (Å²) in [6.07, 6.45) is 5.33. The SMILES string of the molecule is [2H]c1c([2H])c([2H])c(-c2cccc3c2-c2cccc(-c4c(C([2H])([2H])[2H])cccc4C([2H])([2H])[2H])c2-[n+]2[c-]n(-c4[c-]c(Oc5[c-]c6c(cc5)c5ccccc5n6-c5cc(C(C)(C)C)ccn5)ccc4)c4cc(-c5c([2H])c(-c6c([2H])c([2H])c([2H])c([2H])c6[2H])c([2H])c(-c6c([2H])c([2H])c([2H])c([2H])c6[2H])c5[2H])cc(c42)-c2ccccc2-3)c([2H])c1[2H].[Pt]. The van der Waals surface area contributed by atoms with Crippen molar-refractivity contribution in [1.82, 2.24) is 14.1 Å². The molecule has 0 N–H and O–H groups in total. The van der Waals surface area contributed by atoms with Gasteiger partial charge in [0.05, 0.1) is 41.4 Å². The van der Waals surface area contributed by atoms with Gasteiger partial charge in [-0.15, -0.1) is 29.7 Å². The normalized spacial score (nSPS) is 15.8. The fourth-order valence-electron chi connectivity index (χ4n) is 12.1. The van der Waals surface area contributed by atoms with Gasteiger partial charge in [-0.05, 0) is 178 Å². The minimum atomic E-state index is -3.02. The summed E-state index contributed by atoms with van der Waals surface area (Å²) in [5.41, 5.74) is -0.227. The van der Waals surface area contributed by atoms with Crippen molar-refractivity contribution in [3.8, 4) is 118 Å². The van der Waals surface area contributed by atoms with Crippen molar-refractivity contribution in [3.63, 3.8) is 0 Å². The maximum absolute atomic E-state index is 10.5. The van der Waals surface area contributed by atoms with E-state index in [4.69, 9.17) is 30.3 Å². The Hall–Kier alpha value is -10.5. The van der Waals surface area contributed by atoms with Crippen molar-refractivity contribution in [2.24, 2.45) is 0 Å². The third-order valence-electron chi connectivity index (χ3n) is 16.1. The van der Waals surface area contributed by atoms with Crippen LogP contribution in [0.25, 0.3) is 139 Å². The summed E-state index contributed by atoms with van der Waals surface area (Å²) in [6, 6.07) is 36.9. The first-order valence-corrected chi connectivity index (χ1v) is 28.5. The van der Waals surface area contributed by atoms with Gasteiger partial charge in [-0.1, -0.05) is 220 Å². The van der Waals surface area contributed by atoms with Crippen LogP contribution in [0.4, 0.5) is 0 Å². The van der Waals surface area contributed by atoms with Crippen LogP contribution in [-0.2, 0) is 26.5 Å². The van der Waals surface area contributed by atoms with E-state index >= 15 is 0 Å². The van der Waals surface area contributed by atoms with Crippen LogP contribution in [0, 0.1) is 32.2 Å². The number of hydrogen-bond donors (Lipinski definition) is 0. The zero-order chi connectivity index (χ0) is 80.6. The van der Waals surface area contributed by atoms with Crippen molar-refractivity contribution in [2.45, 2.75) is 39.9 Å². The van der Waals surface area contributed by atoms with Crippen molar-refractivity contribution in [3.05, 3.63) is 308 Å². The molecule has 12 aromatic carbocycles. The first-order chi connectivity index (χ1) is 53.5. The smallest absolute Gasteiger partial charge is 0.268 e. The molecule has 0 fully saturated rings. The second-order valence-electron chi connectivity index (χ2n) is 22.5. The Kier molecular flexibility index (Phi) is 8.92. The minimum absolute atomic E-state index is 0. The molecule has 0 spiro atoms. The van der Waals surface area contributed by atoms with Crippen LogP contribution in [0.3, 0.4) is 0 Å². The van der Waals surface area contributed by atoms with Gasteiger partial charge < -0.3 is 13.9 Å². The molecule has 16 rings (SSSR count). The topological polar surface area (TPSA) is 35.9 Å². The van der Waals surface area contributed by atoms with Gasteiger partial charge >= 0.3 is 0 Å². The predicted octanol–water partition coefficient (Wildman–Crippen LogP) is 21.2. The first kappa shape index (κ1) is 35.5. The summed E-state index contributed by atoms with van der Waals surface area (Å²) in [4.78, 5) is 4.85. The standard InChI is InChI=1S/C84H60N4O.Pt/c1-54-23-19-24-55(2)80(54)73-38-22-39-74-81-67(58-29-13-8-14-30-58)36-21-37-72(81)68-33-15-16-34-69(68)75-48-62(61-46-59(56-25-9-6-10-26-56)45-60(47-61)57-27-11-7-12-28-57)49-78-83(75)87(82(73)74)53-86(78)64-31-20-32-65(51-64)89-66-41-42-71-70-35-17-18-40-76(70)88(77(71)52-66)79-50-63(43-44-85-79)84(3,4)5;/h6-50H,1-5H3;/q-2;/i1D3,2D3,6D,7D,8D,9D,10D,11D,12D,13D,14D,25D,26D,27D,28D,29D,30D,45D,46D,47D;. The number of nitrogens with zero attached hydrogens (tertiary/aromatic N) is 4. The molecule has 0 atom stereocenters. The third kappa shape index (κ3) is 9.69. The molecule has 3 aromatic heterocycles. The quantitative estimate of drug-likeness (QED) is 0.107. The van der Waals surface area contributed by atoms with Crippen molar-refractivity contribution in [2.75, 3.05) is 0 Å². The van der Waals surface area contributed by atoms with E-state index in [1.807, 2.05) is 47.0 Å². The Morgan fingerprint density at radius 3 is 1.74 bits per heavy atom. The molecule has 15 aromatic rings. The summed E-state index contributed by atoms with van der Waals surface area (Å²) < 4.78 is 234. The van der Waals surface area contributed by atoms with E-state index < -0.39 is 150 Å². The number of pyridine rings is 1. The summed E-state index contributed by atoms with van der Waals surface area (Å²) in [5, 5.41) is 1.76. The van der Waals surface area contributed by atoms with E-state index in [2.05, 4.69) is 39.2 Å². The molecule has 4 heterocycles. The van der Waals surface area contributed by atoms with Gasteiger partial charge in [-0.3, -0.25) is 4.57 Å². The molecule has 0 unspecified atom stereocenters. The molecule has 1 aliphatic heterocycles. The van der Waals surface area contributed by atoms with Gasteiger partial charge in [-0.25, -0.2) is 4.98 Å². The molecule has 0 amide bonds. The summed E-state index contributed by atoms with van der Waals surface area (Å²) >= 11 is 0. The monoisotopic (exact) mass is 1360 g/mol. The molecule has 90 heavy (non-hydrogen) atoms. The van der Waals surface area contributed by atoms with E-state index in [0.29, 0.717) is 28.0 Å². The maximum Gasteiger partial charge on any atom is 0.268 e. The summed E-state index contributed by atoms with van der Waals surface area (Å²) in [7, 11) is 0. The number of hydrogen-bond acceptors (Lipinski definition) is 2. The van der Waals surface area contributed by atoms with Gasteiger partial charge in [0.25, 0.3) is 6.33 Å². The Labute approximate surface area is 573 Å². The molecule has 5 nitrogen and oxygen atoms in total. The van der Waals surface area contributed by atoms with Crippen molar-refractivity contribution < 1.29 is 63.3 Å². The molecule has 434 valence electrons. The van der Waals surface area contributed by atoms with E-state index in [1.54, 1.807) is 102 Å². The van der Waals surface area contributed by atoms with Crippen LogP contribution in [0.15, 0.2) is 273 Å². The number of para-hydroxylation sites is 2. The van der Waals surface area contributed by atoms with Crippen LogP contribution in [0.5, 0.6) is 11.5 Å². The molecular weight excluding hydrogens is 1280 g/mol. The number of imidazole rings is 1. The molecule has 0 bridgehead atoms. The number of aryl methyl sites for hydroxylation is 2. The van der Waals surface area contributed by atoms with Crippen molar-refractivity contribution in [1.29, 1.82) is 0 Å². The second kappa shape index (κ2) is 22.6. The Bertz CT molecular complexity index is 6460. The van der Waals surface area contributed by atoms with E-state index in [0.717, 1.165) is 21.9 Å². The zero-order valence-corrected chi connectivity index (χ0v) is 50.4. The van der Waals surface area contributed by atoms with Crippen molar-refractivity contribution >= 4 is 32.8 Å². The molecule has 0 radical (unpaired) electrons. The fraction of sp³-hybridized carbons (Fsp3) is 0.0714. The van der Waals surface area contributed by atoms with Crippen LogP contribution >= 0.6 is 0 Å². The van der Waals surface area contributed by atoms with E-state index in [1.165, 1.54) is 28.8 Å². The average molecular weight is 1360 g/mol. The van der Waals surface area contributed by atoms with Gasteiger partial charge in [0.2, 0.25) is 0 Å². The Morgan fingerprint density at radius 2 is 1.06 bits per heavy atom. The molecule has 0 aliphatic carbocycles. The van der Waals surface area contributed by atoms with Gasteiger partial charge in [0.15, 0.2) is 0 Å². The van der Waals surface area contributed by atoms with Gasteiger partial charge in [-0.2, -0.15) is 18.2 Å². The van der Waals surface area contributed by atoms with Crippen LogP contribution in [-0.4, -0.2) is 14.1 Å². The van der Waals surface area contributed by atoms with E-state index in [-0.39, 0.29) is 116 Å². The molecule has 0 saturated heterocycles. The van der Waals surface area contributed by atoms with Crippen LogP contribution in [0.1, 0.15) is 70.4 Å².